The molecule has 0 aromatic heterocycles. The summed E-state index contributed by atoms with van der Waals surface area (Å²) in [7, 11) is 3.41. The zero-order valence-corrected chi connectivity index (χ0v) is 18.8. The second kappa shape index (κ2) is 12.7. The third-order valence-electron chi connectivity index (χ3n) is 6.36. The van der Waals surface area contributed by atoms with Crippen LogP contribution < -0.4 is 20.1 Å². The average molecular weight is 405 g/mol. The molecule has 2 N–H and O–H groups in total. The molecule has 29 heavy (non-hydrogen) atoms. The maximum Gasteiger partial charge on any atom is 0.221 e. The van der Waals surface area contributed by atoms with Crippen LogP contribution in [0.1, 0.15) is 70.8 Å². The number of rotatable bonds is 12. The predicted molar refractivity (Wildman–Crippen MR) is 118 cm³/mol. The number of carbonyl (C=O) groups excluding carboxylic acids is 1. The molecule has 5 heteroatoms. The molecule has 0 saturated heterocycles. The van der Waals surface area contributed by atoms with Crippen molar-refractivity contribution in [1.29, 1.82) is 0 Å². The van der Waals surface area contributed by atoms with E-state index in [1.54, 1.807) is 14.2 Å². The summed E-state index contributed by atoms with van der Waals surface area (Å²) in [6.07, 6.45) is 9.04. The number of nitrogens with one attached hydrogen (secondary N) is 2. The van der Waals surface area contributed by atoms with Crippen LogP contribution in [0.25, 0.3) is 0 Å². The fourth-order valence-electron chi connectivity index (χ4n) is 4.18. The Kier molecular flexibility index (Phi) is 10.3. The van der Waals surface area contributed by atoms with Crippen molar-refractivity contribution in [3.63, 3.8) is 0 Å². The Morgan fingerprint density at radius 2 is 1.90 bits per heavy atom. The van der Waals surface area contributed by atoms with Gasteiger partial charge < -0.3 is 20.1 Å². The minimum atomic E-state index is 0.102. The van der Waals surface area contributed by atoms with Crippen LogP contribution in [0, 0.1) is 11.8 Å². The first-order valence-electron chi connectivity index (χ1n) is 11.3. The number of ether oxygens (including phenoxy) is 2. The Labute approximate surface area is 176 Å². The van der Waals surface area contributed by atoms with Gasteiger partial charge in [-0.25, -0.2) is 0 Å². The minimum Gasteiger partial charge on any atom is -0.496 e. The summed E-state index contributed by atoms with van der Waals surface area (Å²) in [6.45, 7) is 5.83. The first-order valence-corrected chi connectivity index (χ1v) is 11.3. The highest BCUT2D eigenvalue weighted by Crippen LogP contribution is 2.29. The molecule has 1 atom stereocenters. The lowest BCUT2D eigenvalue weighted by Crippen LogP contribution is -2.40. The molecule has 0 heterocycles. The Balaban J connectivity index is 2.01. The third-order valence-corrected chi connectivity index (χ3v) is 6.36. The summed E-state index contributed by atoms with van der Waals surface area (Å²) in [5.41, 5.74) is 1.10. The molecule has 1 aromatic rings. The first-order chi connectivity index (χ1) is 14.1. The second-order valence-corrected chi connectivity index (χ2v) is 8.23. The van der Waals surface area contributed by atoms with Crippen molar-refractivity contribution in [2.45, 2.75) is 77.8 Å². The van der Waals surface area contributed by atoms with Crippen LogP contribution in [0.15, 0.2) is 18.2 Å². The summed E-state index contributed by atoms with van der Waals surface area (Å²) in [6, 6.07) is 6.28. The first kappa shape index (κ1) is 23.5. The van der Waals surface area contributed by atoms with E-state index in [0.29, 0.717) is 24.8 Å². The molecule has 1 fully saturated rings. The van der Waals surface area contributed by atoms with Gasteiger partial charge in [-0.3, -0.25) is 4.79 Å². The Morgan fingerprint density at radius 3 is 2.52 bits per heavy atom. The van der Waals surface area contributed by atoms with Gasteiger partial charge in [0, 0.05) is 37.7 Å². The lowest BCUT2D eigenvalue weighted by atomic mass is 9.82. The van der Waals surface area contributed by atoms with Gasteiger partial charge in [0.25, 0.3) is 0 Å². The molecular weight excluding hydrogens is 364 g/mol. The van der Waals surface area contributed by atoms with Gasteiger partial charge in [0.2, 0.25) is 5.91 Å². The number of hydrogen-bond donors (Lipinski definition) is 2. The van der Waals surface area contributed by atoms with Crippen LogP contribution in [0.2, 0.25) is 0 Å². The van der Waals surface area contributed by atoms with E-state index in [4.69, 9.17) is 9.47 Å². The SMILES string of the molecule is CCC(CC)COc1ccc(CN[C@@H](CC(=O)NC)C2CCCCC2)c(OC)c1. The Hall–Kier alpha value is -1.75. The summed E-state index contributed by atoms with van der Waals surface area (Å²) in [5, 5.41) is 6.43. The Morgan fingerprint density at radius 1 is 1.17 bits per heavy atom. The largest absolute Gasteiger partial charge is 0.496 e. The van der Waals surface area contributed by atoms with E-state index in [0.717, 1.165) is 36.5 Å². The molecule has 1 aromatic carbocycles. The van der Waals surface area contributed by atoms with Gasteiger partial charge in [-0.1, -0.05) is 52.0 Å². The van der Waals surface area contributed by atoms with Crippen LogP contribution in [0.5, 0.6) is 11.5 Å². The number of benzene rings is 1. The van der Waals surface area contributed by atoms with Crippen molar-refractivity contribution in [1.82, 2.24) is 10.6 Å². The van der Waals surface area contributed by atoms with Gasteiger partial charge in [-0.15, -0.1) is 0 Å². The quantitative estimate of drug-likeness (QED) is 0.531. The fourth-order valence-corrected chi connectivity index (χ4v) is 4.18. The molecule has 0 radical (unpaired) electrons. The van der Waals surface area contributed by atoms with E-state index < -0.39 is 0 Å². The second-order valence-electron chi connectivity index (χ2n) is 8.23. The van der Waals surface area contributed by atoms with Gasteiger partial charge in [0.15, 0.2) is 0 Å². The topological polar surface area (TPSA) is 59.6 Å². The summed E-state index contributed by atoms with van der Waals surface area (Å²) in [5.74, 6) is 2.94. The maximum atomic E-state index is 12.0. The van der Waals surface area contributed by atoms with Crippen LogP contribution in [-0.4, -0.2) is 32.7 Å². The number of carbonyl (C=O) groups is 1. The molecule has 1 aliphatic carbocycles. The molecule has 0 bridgehead atoms. The maximum absolute atomic E-state index is 12.0. The van der Waals surface area contributed by atoms with Crippen molar-refractivity contribution < 1.29 is 14.3 Å². The summed E-state index contributed by atoms with van der Waals surface area (Å²) in [4.78, 5) is 12.0. The summed E-state index contributed by atoms with van der Waals surface area (Å²) >= 11 is 0. The van der Waals surface area contributed by atoms with Crippen molar-refractivity contribution in [2.24, 2.45) is 11.8 Å². The van der Waals surface area contributed by atoms with Crippen molar-refractivity contribution in [3.05, 3.63) is 23.8 Å². The van der Waals surface area contributed by atoms with E-state index in [-0.39, 0.29) is 11.9 Å². The van der Waals surface area contributed by atoms with E-state index in [1.165, 1.54) is 32.1 Å². The zero-order valence-electron chi connectivity index (χ0n) is 18.8. The van der Waals surface area contributed by atoms with Gasteiger partial charge in [-0.2, -0.15) is 0 Å². The number of hydrogen-bond acceptors (Lipinski definition) is 4. The molecule has 1 amide bonds. The van der Waals surface area contributed by atoms with Crippen LogP contribution in [0.4, 0.5) is 0 Å². The molecule has 0 aliphatic heterocycles. The van der Waals surface area contributed by atoms with Crippen molar-refractivity contribution >= 4 is 5.91 Å². The average Bonchev–Trinajstić information content (AvgIpc) is 2.77. The molecule has 5 nitrogen and oxygen atoms in total. The van der Waals surface area contributed by atoms with E-state index >= 15 is 0 Å². The number of amides is 1. The van der Waals surface area contributed by atoms with Crippen LogP contribution in [-0.2, 0) is 11.3 Å². The lowest BCUT2D eigenvalue weighted by molar-refractivity contribution is -0.121. The molecule has 0 unspecified atom stereocenters. The standard InChI is InChI=1S/C24H40N2O3/c1-5-18(6-2)17-29-21-13-12-20(23(14-21)28-4)16-26-22(15-24(27)25-3)19-10-8-7-9-11-19/h12-14,18-19,22,26H,5-11,15-17H2,1-4H3,(H,25,27)/t22-/m0/s1. The van der Waals surface area contributed by atoms with E-state index in [2.05, 4.69) is 30.5 Å². The minimum absolute atomic E-state index is 0.102. The normalized spacial score (nSPS) is 15.9. The molecule has 2 rings (SSSR count). The van der Waals surface area contributed by atoms with Crippen molar-refractivity contribution in [2.75, 3.05) is 20.8 Å². The van der Waals surface area contributed by atoms with Gasteiger partial charge in [0.1, 0.15) is 11.5 Å². The highest BCUT2D eigenvalue weighted by molar-refractivity contribution is 5.76. The highest BCUT2D eigenvalue weighted by atomic mass is 16.5. The lowest BCUT2D eigenvalue weighted by Gasteiger charge is -2.31. The molecule has 1 aliphatic rings. The molecular formula is C24H40N2O3. The van der Waals surface area contributed by atoms with Gasteiger partial charge in [-0.05, 0) is 30.7 Å². The monoisotopic (exact) mass is 404 g/mol. The molecule has 1 saturated carbocycles. The Bertz CT molecular complexity index is 610. The molecule has 0 spiro atoms. The zero-order chi connectivity index (χ0) is 21.1. The van der Waals surface area contributed by atoms with Gasteiger partial charge in [0.05, 0.1) is 13.7 Å². The van der Waals surface area contributed by atoms with Gasteiger partial charge >= 0.3 is 0 Å². The number of methoxy groups -OCH3 is 1. The fraction of sp³-hybridized carbons (Fsp3) is 0.708. The predicted octanol–water partition coefficient (Wildman–Crippen LogP) is 4.68. The smallest absolute Gasteiger partial charge is 0.221 e. The summed E-state index contributed by atoms with van der Waals surface area (Å²) < 4.78 is 11.6. The van der Waals surface area contributed by atoms with Crippen molar-refractivity contribution in [3.8, 4) is 11.5 Å². The molecule has 164 valence electrons. The van der Waals surface area contributed by atoms with Crippen LogP contribution >= 0.6 is 0 Å². The highest BCUT2D eigenvalue weighted by Gasteiger charge is 2.25. The van der Waals surface area contributed by atoms with E-state index in [9.17, 15) is 4.79 Å². The third kappa shape index (κ3) is 7.54. The van der Waals surface area contributed by atoms with E-state index in [1.807, 2.05) is 12.1 Å². The van der Waals surface area contributed by atoms with Crippen LogP contribution in [0.3, 0.4) is 0 Å².